The topological polar surface area (TPSA) is 95.2 Å². The van der Waals surface area contributed by atoms with Crippen LogP contribution >= 0.6 is 0 Å². The van der Waals surface area contributed by atoms with Crippen molar-refractivity contribution in [2.75, 3.05) is 0 Å². The Morgan fingerprint density at radius 2 is 1.90 bits per heavy atom. The summed E-state index contributed by atoms with van der Waals surface area (Å²) in [5, 5.41) is 0. The zero-order chi connectivity index (χ0) is 15.5. The fourth-order valence-corrected chi connectivity index (χ4v) is 1.86. The fraction of sp³-hybridized carbons (Fsp3) is 0.200. The Balaban J connectivity index is 2.25. The molecule has 0 spiro atoms. The highest BCUT2D eigenvalue weighted by Gasteiger charge is 2.32. The van der Waals surface area contributed by atoms with Crippen molar-refractivity contribution in [1.82, 2.24) is 9.97 Å². The number of primary amides is 1. The monoisotopic (exact) mass is 285 g/mol. The zero-order valence-corrected chi connectivity index (χ0v) is 11.7. The van der Waals surface area contributed by atoms with Crippen molar-refractivity contribution in [3.05, 3.63) is 54.1 Å². The molecule has 0 aliphatic heterocycles. The normalized spacial score (nSPS) is 11.0. The number of ketones is 1. The molecule has 2 aromatic rings. The van der Waals surface area contributed by atoms with Crippen LogP contribution in [0.4, 0.5) is 4.79 Å². The third-order valence-electron chi connectivity index (χ3n) is 3.06. The summed E-state index contributed by atoms with van der Waals surface area (Å²) in [6, 6.07) is 8.38. The van der Waals surface area contributed by atoms with Gasteiger partial charge in [-0.05, 0) is 38.1 Å². The molecule has 0 saturated carbocycles. The Morgan fingerprint density at radius 3 is 2.43 bits per heavy atom. The van der Waals surface area contributed by atoms with Crippen LogP contribution in [-0.2, 0) is 5.41 Å². The maximum atomic E-state index is 12.6. The lowest BCUT2D eigenvalue weighted by Gasteiger charge is -2.21. The Labute approximate surface area is 122 Å². The second kappa shape index (κ2) is 5.70. The van der Waals surface area contributed by atoms with Crippen LogP contribution < -0.4 is 10.5 Å². The summed E-state index contributed by atoms with van der Waals surface area (Å²) in [5.41, 5.74) is 5.03. The van der Waals surface area contributed by atoms with Crippen LogP contribution in [0.1, 0.15) is 30.0 Å². The number of hydrogen-bond donors (Lipinski definition) is 1. The van der Waals surface area contributed by atoms with Crippen LogP contribution in [0.15, 0.2) is 42.7 Å². The summed E-state index contributed by atoms with van der Waals surface area (Å²) >= 11 is 0. The van der Waals surface area contributed by atoms with Crippen LogP contribution in [-0.4, -0.2) is 21.8 Å². The molecule has 2 aromatic heterocycles. The van der Waals surface area contributed by atoms with Gasteiger partial charge in [-0.25, -0.2) is 9.78 Å². The van der Waals surface area contributed by atoms with Gasteiger partial charge in [0, 0.05) is 6.20 Å². The van der Waals surface area contributed by atoms with Gasteiger partial charge in [0.25, 0.3) is 0 Å². The van der Waals surface area contributed by atoms with E-state index in [9.17, 15) is 9.59 Å². The van der Waals surface area contributed by atoms with Gasteiger partial charge in [-0.1, -0.05) is 6.07 Å². The van der Waals surface area contributed by atoms with E-state index < -0.39 is 11.5 Å². The summed E-state index contributed by atoms with van der Waals surface area (Å²) in [7, 11) is 0. The summed E-state index contributed by atoms with van der Waals surface area (Å²) in [6.45, 7) is 3.57. The summed E-state index contributed by atoms with van der Waals surface area (Å²) in [4.78, 5) is 31.4. The second-order valence-electron chi connectivity index (χ2n) is 4.97. The maximum absolute atomic E-state index is 12.6. The number of Topliss-reactive ketones (excluding diaryl/α,β-unsaturated/α-hetero) is 1. The van der Waals surface area contributed by atoms with Gasteiger partial charge in [0.05, 0.1) is 17.3 Å². The number of nitrogens with zero attached hydrogens (tertiary/aromatic N) is 2. The van der Waals surface area contributed by atoms with Gasteiger partial charge in [-0.3, -0.25) is 9.78 Å². The first-order valence-electron chi connectivity index (χ1n) is 6.31. The molecule has 0 atom stereocenters. The molecular formula is C15H15N3O3. The SMILES string of the molecule is CC(C)(C(=O)c1ccc(OC(N)=O)cn1)c1ccccn1. The highest BCUT2D eigenvalue weighted by Crippen LogP contribution is 2.25. The molecule has 1 amide bonds. The largest absolute Gasteiger partial charge is 0.410 e. The molecule has 0 aromatic carbocycles. The zero-order valence-electron chi connectivity index (χ0n) is 11.7. The Bertz CT molecular complexity index is 652. The van der Waals surface area contributed by atoms with E-state index in [0.717, 1.165) is 0 Å². The lowest BCUT2D eigenvalue weighted by molar-refractivity contribution is 0.0900. The van der Waals surface area contributed by atoms with Gasteiger partial charge in [0.2, 0.25) is 0 Å². The maximum Gasteiger partial charge on any atom is 0.410 e. The smallest absolute Gasteiger partial charge is 0.409 e. The molecule has 21 heavy (non-hydrogen) atoms. The molecule has 0 saturated heterocycles. The number of ether oxygens (including phenoxy) is 1. The lowest BCUT2D eigenvalue weighted by atomic mass is 9.82. The Hall–Kier alpha value is -2.76. The van der Waals surface area contributed by atoms with Gasteiger partial charge in [0.1, 0.15) is 5.69 Å². The first kappa shape index (κ1) is 14.6. The molecule has 0 unspecified atom stereocenters. The van der Waals surface area contributed by atoms with E-state index in [1.165, 1.54) is 18.3 Å². The number of hydrogen-bond acceptors (Lipinski definition) is 5. The van der Waals surface area contributed by atoms with Crippen LogP contribution in [0.5, 0.6) is 5.75 Å². The molecule has 0 aliphatic carbocycles. The Morgan fingerprint density at radius 1 is 1.14 bits per heavy atom. The molecular weight excluding hydrogens is 270 g/mol. The van der Waals surface area contributed by atoms with Gasteiger partial charge in [0.15, 0.2) is 11.5 Å². The van der Waals surface area contributed by atoms with Crippen molar-refractivity contribution in [1.29, 1.82) is 0 Å². The summed E-state index contributed by atoms with van der Waals surface area (Å²) < 4.78 is 4.67. The van der Waals surface area contributed by atoms with Crippen molar-refractivity contribution >= 4 is 11.9 Å². The molecule has 108 valence electrons. The van der Waals surface area contributed by atoms with E-state index in [0.29, 0.717) is 5.69 Å². The Kier molecular flexibility index (Phi) is 3.98. The van der Waals surface area contributed by atoms with E-state index in [1.807, 2.05) is 6.07 Å². The summed E-state index contributed by atoms with van der Waals surface area (Å²) in [5.74, 6) is 0.0153. The molecule has 0 aliphatic rings. The van der Waals surface area contributed by atoms with Crippen molar-refractivity contribution < 1.29 is 14.3 Å². The quantitative estimate of drug-likeness (QED) is 0.868. The number of rotatable bonds is 4. The van der Waals surface area contributed by atoms with Crippen molar-refractivity contribution in [2.45, 2.75) is 19.3 Å². The first-order valence-corrected chi connectivity index (χ1v) is 6.31. The first-order chi connectivity index (χ1) is 9.91. The summed E-state index contributed by atoms with van der Waals surface area (Å²) in [6.07, 6.45) is 2.00. The minimum atomic E-state index is -0.926. The molecule has 0 bridgehead atoms. The average Bonchev–Trinajstić information content (AvgIpc) is 2.47. The van der Waals surface area contributed by atoms with Crippen LogP contribution in [0, 0.1) is 0 Å². The number of nitrogens with two attached hydrogens (primary N) is 1. The van der Waals surface area contributed by atoms with Gasteiger partial charge in [-0.15, -0.1) is 0 Å². The number of aromatic nitrogens is 2. The standard InChI is InChI=1S/C15H15N3O3/c1-15(2,12-5-3-4-8-17-12)13(19)11-7-6-10(9-18-11)21-14(16)20/h3-9H,1-2H3,(H2,16,20). The van der Waals surface area contributed by atoms with E-state index in [2.05, 4.69) is 14.7 Å². The predicted octanol–water partition coefficient (Wildman–Crippen LogP) is 2.09. The third-order valence-corrected chi connectivity index (χ3v) is 3.06. The van der Waals surface area contributed by atoms with Crippen molar-refractivity contribution in [3.63, 3.8) is 0 Å². The number of pyridine rings is 2. The number of carbonyl (C=O) groups is 2. The second-order valence-corrected chi connectivity index (χ2v) is 4.97. The van der Waals surface area contributed by atoms with Gasteiger partial charge in [-0.2, -0.15) is 0 Å². The van der Waals surface area contributed by atoms with E-state index in [-0.39, 0.29) is 17.2 Å². The average molecular weight is 285 g/mol. The molecule has 0 radical (unpaired) electrons. The molecule has 2 N–H and O–H groups in total. The minimum Gasteiger partial charge on any atom is -0.409 e. The number of amides is 1. The molecule has 6 nitrogen and oxygen atoms in total. The van der Waals surface area contributed by atoms with E-state index in [1.54, 1.807) is 32.2 Å². The van der Waals surface area contributed by atoms with Crippen LogP contribution in [0.2, 0.25) is 0 Å². The van der Waals surface area contributed by atoms with Gasteiger partial charge < -0.3 is 10.5 Å². The molecule has 0 fully saturated rings. The molecule has 2 heterocycles. The van der Waals surface area contributed by atoms with Crippen LogP contribution in [0.25, 0.3) is 0 Å². The number of carbonyl (C=O) groups excluding carboxylic acids is 2. The highest BCUT2D eigenvalue weighted by molar-refractivity contribution is 6.01. The highest BCUT2D eigenvalue weighted by atomic mass is 16.5. The van der Waals surface area contributed by atoms with E-state index in [4.69, 9.17) is 5.73 Å². The van der Waals surface area contributed by atoms with Gasteiger partial charge >= 0.3 is 6.09 Å². The minimum absolute atomic E-state index is 0.174. The third kappa shape index (κ3) is 3.22. The molecule has 2 rings (SSSR count). The van der Waals surface area contributed by atoms with E-state index >= 15 is 0 Å². The fourth-order valence-electron chi connectivity index (χ4n) is 1.86. The van der Waals surface area contributed by atoms with Crippen LogP contribution in [0.3, 0.4) is 0 Å². The molecule has 6 heteroatoms. The predicted molar refractivity (Wildman–Crippen MR) is 76.0 cm³/mol. The van der Waals surface area contributed by atoms with Crippen molar-refractivity contribution in [3.8, 4) is 5.75 Å². The van der Waals surface area contributed by atoms with Crippen molar-refractivity contribution in [2.24, 2.45) is 5.73 Å². The lowest BCUT2D eigenvalue weighted by Crippen LogP contribution is -2.30.